The van der Waals surface area contributed by atoms with Gasteiger partial charge in [-0.15, -0.1) is 0 Å². The summed E-state index contributed by atoms with van der Waals surface area (Å²) in [7, 11) is 0. The number of nitrogen functional groups attached to an aromatic ring is 1. The minimum atomic E-state index is -0.220. The molecular formula is C11H14ClN5O2. The molecule has 1 saturated heterocycles. The third-order valence-electron chi connectivity index (χ3n) is 3.45. The van der Waals surface area contributed by atoms with E-state index in [-0.39, 0.29) is 36.0 Å². The van der Waals surface area contributed by atoms with Crippen LogP contribution in [0.1, 0.15) is 19.6 Å². The van der Waals surface area contributed by atoms with Gasteiger partial charge in [0.15, 0.2) is 11.5 Å². The number of fused-ring (bicyclic) bond motifs is 1. The van der Waals surface area contributed by atoms with E-state index in [0.29, 0.717) is 11.2 Å². The Bertz CT molecular complexity index is 616. The van der Waals surface area contributed by atoms with Gasteiger partial charge < -0.3 is 15.6 Å². The number of rotatable bonds is 2. The maximum atomic E-state index is 9.24. The summed E-state index contributed by atoms with van der Waals surface area (Å²) in [5.74, 6) is 0.514. The molecule has 0 aliphatic carbocycles. The predicted octanol–water partition coefficient (Wildman–Crippen LogP) is 0.978. The molecule has 0 aromatic carbocycles. The number of halogens is 1. The minimum absolute atomic E-state index is 0.00216. The van der Waals surface area contributed by atoms with E-state index in [1.54, 1.807) is 10.9 Å². The van der Waals surface area contributed by atoms with E-state index in [1.165, 1.54) is 0 Å². The number of aromatic nitrogens is 4. The molecule has 0 spiro atoms. The molecule has 3 unspecified atom stereocenters. The molecule has 3 atom stereocenters. The second-order valence-electron chi connectivity index (χ2n) is 4.73. The first kappa shape index (κ1) is 12.6. The van der Waals surface area contributed by atoms with Gasteiger partial charge in [0.1, 0.15) is 11.7 Å². The molecule has 3 N–H and O–H groups in total. The van der Waals surface area contributed by atoms with Crippen molar-refractivity contribution in [2.24, 2.45) is 5.92 Å². The van der Waals surface area contributed by atoms with E-state index in [1.807, 2.05) is 6.92 Å². The van der Waals surface area contributed by atoms with Crippen LogP contribution in [0.25, 0.3) is 11.2 Å². The summed E-state index contributed by atoms with van der Waals surface area (Å²) in [5, 5.41) is 9.32. The first-order valence-corrected chi connectivity index (χ1v) is 6.39. The fourth-order valence-corrected chi connectivity index (χ4v) is 2.56. The molecule has 3 heterocycles. The molecule has 8 heteroatoms. The van der Waals surface area contributed by atoms with Gasteiger partial charge in [-0.05, 0) is 23.9 Å². The second kappa shape index (κ2) is 4.59. The van der Waals surface area contributed by atoms with Crippen LogP contribution in [0.3, 0.4) is 0 Å². The van der Waals surface area contributed by atoms with Crippen LogP contribution >= 0.6 is 11.6 Å². The number of hydrogen-bond donors (Lipinski definition) is 2. The highest BCUT2D eigenvalue weighted by Gasteiger charge is 2.33. The molecule has 2 aromatic rings. The van der Waals surface area contributed by atoms with Gasteiger partial charge in [0.05, 0.1) is 19.0 Å². The molecule has 0 amide bonds. The fraction of sp³-hybridized carbons (Fsp3) is 0.545. The van der Waals surface area contributed by atoms with Crippen LogP contribution in [0, 0.1) is 5.92 Å². The van der Waals surface area contributed by atoms with Gasteiger partial charge in [-0.1, -0.05) is 6.92 Å². The second-order valence-corrected chi connectivity index (χ2v) is 5.06. The van der Waals surface area contributed by atoms with Crippen molar-refractivity contribution in [3.05, 3.63) is 11.6 Å². The van der Waals surface area contributed by atoms with Crippen molar-refractivity contribution >= 4 is 28.6 Å². The smallest absolute Gasteiger partial charge is 0.226 e. The fourth-order valence-electron chi connectivity index (χ4n) is 2.38. The first-order valence-electron chi connectivity index (χ1n) is 6.02. The Kier molecular flexibility index (Phi) is 3.04. The van der Waals surface area contributed by atoms with Crippen molar-refractivity contribution in [3.63, 3.8) is 0 Å². The topological polar surface area (TPSA) is 99.1 Å². The number of ether oxygens (including phenoxy) is 1. The lowest BCUT2D eigenvalue weighted by molar-refractivity contribution is -0.0277. The number of hydrogen-bond acceptors (Lipinski definition) is 6. The quantitative estimate of drug-likeness (QED) is 0.797. The Balaban J connectivity index is 2.02. The SMILES string of the molecule is CC1CC(n2cnc3c(N)nc(Cl)nc32)OC1CO. The molecule has 3 rings (SSSR count). The van der Waals surface area contributed by atoms with Crippen molar-refractivity contribution in [2.45, 2.75) is 25.7 Å². The standard InChI is InChI=1S/C11H14ClN5O2/c1-5-2-7(19-6(5)3-18)17-4-14-8-9(13)15-11(12)16-10(8)17/h4-7,18H,2-3H2,1H3,(H2,13,15,16). The number of aliphatic hydroxyl groups is 1. The molecule has 19 heavy (non-hydrogen) atoms. The highest BCUT2D eigenvalue weighted by Crippen LogP contribution is 2.34. The van der Waals surface area contributed by atoms with Crippen molar-refractivity contribution in [2.75, 3.05) is 12.3 Å². The van der Waals surface area contributed by atoms with E-state index >= 15 is 0 Å². The van der Waals surface area contributed by atoms with Gasteiger partial charge >= 0.3 is 0 Å². The van der Waals surface area contributed by atoms with Crippen molar-refractivity contribution in [3.8, 4) is 0 Å². The van der Waals surface area contributed by atoms with Gasteiger partial charge in [0, 0.05) is 0 Å². The van der Waals surface area contributed by atoms with Crippen molar-refractivity contribution in [1.29, 1.82) is 0 Å². The summed E-state index contributed by atoms with van der Waals surface area (Å²) in [6.45, 7) is 2.04. The first-order chi connectivity index (χ1) is 9.10. The average Bonchev–Trinajstić information content (AvgIpc) is 2.92. The Morgan fingerprint density at radius 1 is 1.58 bits per heavy atom. The minimum Gasteiger partial charge on any atom is -0.394 e. The van der Waals surface area contributed by atoms with Gasteiger partial charge in [-0.25, -0.2) is 4.98 Å². The van der Waals surface area contributed by atoms with Crippen LogP contribution in [0.5, 0.6) is 0 Å². The zero-order valence-corrected chi connectivity index (χ0v) is 11.1. The molecule has 102 valence electrons. The number of nitrogens with two attached hydrogens (primary N) is 1. The normalized spacial score (nSPS) is 27.2. The predicted molar refractivity (Wildman–Crippen MR) is 69.5 cm³/mol. The molecule has 0 bridgehead atoms. The van der Waals surface area contributed by atoms with Crippen molar-refractivity contribution in [1.82, 2.24) is 19.5 Å². The lowest BCUT2D eigenvalue weighted by Gasteiger charge is -2.14. The lowest BCUT2D eigenvalue weighted by atomic mass is 10.0. The zero-order chi connectivity index (χ0) is 13.6. The molecule has 0 radical (unpaired) electrons. The van der Waals surface area contributed by atoms with E-state index < -0.39 is 0 Å². The maximum absolute atomic E-state index is 9.24. The Labute approximate surface area is 114 Å². The molecular weight excluding hydrogens is 270 g/mol. The third kappa shape index (κ3) is 2.03. The molecule has 2 aromatic heterocycles. The number of anilines is 1. The van der Waals surface area contributed by atoms with E-state index in [9.17, 15) is 5.11 Å². The highest BCUT2D eigenvalue weighted by molar-refractivity contribution is 6.28. The molecule has 1 aliphatic heterocycles. The van der Waals surface area contributed by atoms with Crippen LogP contribution < -0.4 is 5.73 Å². The van der Waals surface area contributed by atoms with Gasteiger partial charge in [-0.2, -0.15) is 9.97 Å². The van der Waals surface area contributed by atoms with Gasteiger partial charge in [0.25, 0.3) is 0 Å². The van der Waals surface area contributed by atoms with Crippen LogP contribution in [-0.4, -0.2) is 37.3 Å². The highest BCUT2D eigenvalue weighted by atomic mass is 35.5. The van der Waals surface area contributed by atoms with Gasteiger partial charge in [-0.3, -0.25) is 4.57 Å². The Morgan fingerprint density at radius 2 is 2.37 bits per heavy atom. The number of imidazole rings is 1. The number of aliphatic hydroxyl groups excluding tert-OH is 1. The van der Waals surface area contributed by atoms with Crippen molar-refractivity contribution < 1.29 is 9.84 Å². The van der Waals surface area contributed by atoms with E-state index in [4.69, 9.17) is 22.1 Å². The summed E-state index contributed by atoms with van der Waals surface area (Å²) in [5.41, 5.74) is 6.81. The summed E-state index contributed by atoms with van der Waals surface area (Å²) in [4.78, 5) is 12.2. The summed E-state index contributed by atoms with van der Waals surface area (Å²) in [6, 6.07) is 0. The Morgan fingerprint density at radius 3 is 3.05 bits per heavy atom. The molecule has 1 fully saturated rings. The number of nitrogens with zero attached hydrogens (tertiary/aromatic N) is 4. The average molecular weight is 284 g/mol. The van der Waals surface area contributed by atoms with Crippen LogP contribution in [-0.2, 0) is 4.74 Å². The Hall–Kier alpha value is -1.44. The van der Waals surface area contributed by atoms with Gasteiger partial charge in [0.2, 0.25) is 5.28 Å². The van der Waals surface area contributed by atoms with Crippen LogP contribution in [0.2, 0.25) is 5.28 Å². The summed E-state index contributed by atoms with van der Waals surface area (Å²) in [6.07, 6.45) is 2.00. The maximum Gasteiger partial charge on any atom is 0.226 e. The lowest BCUT2D eigenvalue weighted by Crippen LogP contribution is -2.18. The van der Waals surface area contributed by atoms with E-state index in [0.717, 1.165) is 6.42 Å². The van der Waals surface area contributed by atoms with Crippen LogP contribution in [0.4, 0.5) is 5.82 Å². The molecule has 7 nitrogen and oxygen atoms in total. The summed E-state index contributed by atoms with van der Waals surface area (Å²) >= 11 is 5.82. The third-order valence-corrected chi connectivity index (χ3v) is 3.62. The molecule has 0 saturated carbocycles. The largest absolute Gasteiger partial charge is 0.394 e. The van der Waals surface area contributed by atoms with E-state index in [2.05, 4.69) is 15.0 Å². The van der Waals surface area contributed by atoms with Crippen LogP contribution in [0.15, 0.2) is 6.33 Å². The monoisotopic (exact) mass is 283 g/mol. The zero-order valence-electron chi connectivity index (χ0n) is 10.3. The summed E-state index contributed by atoms with van der Waals surface area (Å²) < 4.78 is 7.57. The molecule has 1 aliphatic rings.